The van der Waals surface area contributed by atoms with Gasteiger partial charge < -0.3 is 0 Å². The van der Waals surface area contributed by atoms with E-state index in [1.807, 2.05) is 0 Å². The van der Waals surface area contributed by atoms with Crippen LogP contribution < -0.4 is 4.72 Å². The fraction of sp³-hybridized carbons (Fsp3) is 0.0909. The average Bonchev–Trinajstić information content (AvgIpc) is 2.37. The highest BCUT2D eigenvalue weighted by molar-refractivity contribution is 9.10. The van der Waals surface area contributed by atoms with Crippen LogP contribution in [-0.2, 0) is 16.6 Å². The maximum Gasteiger partial charge on any atom is 0.242 e. The Hall–Kier alpha value is -1.38. The van der Waals surface area contributed by atoms with Crippen molar-refractivity contribution in [3.8, 4) is 0 Å². The van der Waals surface area contributed by atoms with E-state index in [1.54, 1.807) is 12.1 Å². The van der Waals surface area contributed by atoms with Gasteiger partial charge in [0.25, 0.3) is 0 Å². The zero-order valence-electron chi connectivity index (χ0n) is 9.55. The van der Waals surface area contributed by atoms with E-state index >= 15 is 0 Å². The van der Waals surface area contributed by atoms with E-state index in [0.717, 1.165) is 12.1 Å². The Morgan fingerprint density at radius 1 is 1.32 bits per heavy atom. The van der Waals surface area contributed by atoms with E-state index in [-0.39, 0.29) is 15.9 Å². The molecule has 0 amide bonds. The van der Waals surface area contributed by atoms with Gasteiger partial charge in [-0.25, -0.2) is 17.5 Å². The molecule has 0 fully saturated rings. The molecule has 0 aliphatic heterocycles. The van der Waals surface area contributed by atoms with Crippen LogP contribution in [0.1, 0.15) is 5.69 Å². The van der Waals surface area contributed by atoms with Gasteiger partial charge in [-0.05, 0) is 46.3 Å². The minimum Gasteiger partial charge on any atom is -0.207 e. The smallest absolute Gasteiger partial charge is 0.207 e. The lowest BCUT2D eigenvalue weighted by molar-refractivity contribution is 0.578. The number of nitrogens with zero attached hydrogens (tertiary/aromatic N) is 2. The van der Waals surface area contributed by atoms with Gasteiger partial charge in [-0.15, -0.1) is 0 Å². The van der Waals surface area contributed by atoms with E-state index < -0.39 is 15.8 Å². The summed E-state index contributed by atoms with van der Waals surface area (Å²) in [6, 6.07) is 6.68. The Bertz CT molecular complexity index is 680. The minimum atomic E-state index is -3.74. The SMILES string of the molecule is O=S(=O)(NCc1cccnn1)c1ccc(F)cc1Br. The third kappa shape index (κ3) is 3.55. The fourth-order valence-electron chi connectivity index (χ4n) is 1.37. The van der Waals surface area contributed by atoms with Crippen LogP contribution in [0.25, 0.3) is 0 Å². The third-order valence-corrected chi connectivity index (χ3v) is 4.63. The Morgan fingerprint density at radius 2 is 2.11 bits per heavy atom. The van der Waals surface area contributed by atoms with E-state index in [0.29, 0.717) is 5.69 Å². The average molecular weight is 346 g/mol. The molecule has 100 valence electrons. The summed E-state index contributed by atoms with van der Waals surface area (Å²) in [5.74, 6) is -0.514. The largest absolute Gasteiger partial charge is 0.242 e. The molecule has 2 aromatic rings. The Labute approximate surface area is 118 Å². The fourth-order valence-corrected chi connectivity index (χ4v) is 3.41. The molecule has 0 unspecified atom stereocenters. The van der Waals surface area contributed by atoms with Crippen molar-refractivity contribution in [3.05, 3.63) is 52.5 Å². The Morgan fingerprint density at radius 3 is 2.74 bits per heavy atom. The molecule has 0 aliphatic carbocycles. The van der Waals surface area contributed by atoms with Gasteiger partial charge in [0.15, 0.2) is 0 Å². The molecule has 0 aliphatic rings. The van der Waals surface area contributed by atoms with Crippen LogP contribution in [0.15, 0.2) is 45.9 Å². The van der Waals surface area contributed by atoms with E-state index in [9.17, 15) is 12.8 Å². The maximum atomic E-state index is 12.9. The van der Waals surface area contributed by atoms with Crippen molar-refractivity contribution in [2.24, 2.45) is 0 Å². The van der Waals surface area contributed by atoms with E-state index in [4.69, 9.17) is 0 Å². The zero-order chi connectivity index (χ0) is 13.9. The molecule has 1 aromatic heterocycles. The van der Waals surface area contributed by atoms with E-state index in [2.05, 4.69) is 30.8 Å². The monoisotopic (exact) mass is 345 g/mol. The molecule has 1 aromatic carbocycles. The first-order valence-electron chi connectivity index (χ1n) is 5.20. The highest BCUT2D eigenvalue weighted by Crippen LogP contribution is 2.22. The van der Waals surface area contributed by atoms with Gasteiger partial charge in [-0.3, -0.25) is 0 Å². The first-order valence-corrected chi connectivity index (χ1v) is 7.48. The number of hydrogen-bond donors (Lipinski definition) is 1. The molecular weight excluding hydrogens is 337 g/mol. The van der Waals surface area contributed by atoms with Crippen molar-refractivity contribution < 1.29 is 12.8 Å². The lowest BCUT2D eigenvalue weighted by Crippen LogP contribution is -2.24. The number of sulfonamides is 1. The molecule has 0 spiro atoms. The predicted octanol–water partition coefficient (Wildman–Crippen LogP) is 1.86. The molecule has 2 rings (SSSR count). The van der Waals surface area contributed by atoms with Crippen LogP contribution in [0.3, 0.4) is 0 Å². The second-order valence-corrected chi connectivity index (χ2v) is 6.20. The van der Waals surface area contributed by atoms with E-state index in [1.165, 1.54) is 12.3 Å². The molecule has 0 atom stereocenters. The first-order chi connectivity index (χ1) is 8.99. The number of halogens is 2. The number of aromatic nitrogens is 2. The molecule has 0 saturated carbocycles. The molecule has 8 heteroatoms. The molecule has 19 heavy (non-hydrogen) atoms. The summed E-state index contributed by atoms with van der Waals surface area (Å²) in [4.78, 5) is -0.0298. The number of nitrogens with one attached hydrogen (secondary N) is 1. The van der Waals surface area contributed by atoms with Crippen LogP contribution in [0, 0.1) is 5.82 Å². The molecule has 5 nitrogen and oxygen atoms in total. The minimum absolute atomic E-state index is 0.0139. The second-order valence-electron chi connectivity index (χ2n) is 3.61. The van der Waals surface area contributed by atoms with Crippen molar-refractivity contribution in [2.45, 2.75) is 11.4 Å². The summed E-state index contributed by atoms with van der Waals surface area (Å²) in [5, 5.41) is 7.41. The van der Waals surface area contributed by atoms with Gasteiger partial charge in [-0.2, -0.15) is 10.2 Å². The molecule has 1 N–H and O–H groups in total. The number of benzene rings is 1. The van der Waals surface area contributed by atoms with Crippen LogP contribution in [0.5, 0.6) is 0 Å². The lowest BCUT2D eigenvalue weighted by Gasteiger charge is -2.07. The molecule has 0 bridgehead atoms. The summed E-state index contributed by atoms with van der Waals surface area (Å²) in [6.45, 7) is 0.0139. The Kier molecular flexibility index (Phi) is 4.23. The van der Waals surface area contributed by atoms with Crippen molar-refractivity contribution in [1.82, 2.24) is 14.9 Å². The van der Waals surface area contributed by atoms with Gasteiger partial charge in [0, 0.05) is 10.7 Å². The van der Waals surface area contributed by atoms with Gasteiger partial charge in [0.05, 0.1) is 17.1 Å². The summed E-state index contributed by atoms with van der Waals surface area (Å²) in [7, 11) is -3.74. The van der Waals surface area contributed by atoms with Crippen molar-refractivity contribution >= 4 is 26.0 Å². The first kappa shape index (κ1) is 14.0. The third-order valence-electron chi connectivity index (χ3n) is 2.25. The molecule has 0 saturated heterocycles. The lowest BCUT2D eigenvalue weighted by atomic mass is 10.3. The van der Waals surface area contributed by atoms with Crippen LogP contribution in [-0.4, -0.2) is 18.6 Å². The quantitative estimate of drug-likeness (QED) is 0.917. The molecular formula is C11H9BrFN3O2S. The molecule has 1 heterocycles. The summed E-state index contributed by atoms with van der Waals surface area (Å²) in [5.41, 5.74) is 0.490. The summed E-state index contributed by atoms with van der Waals surface area (Å²) in [6.07, 6.45) is 1.49. The highest BCUT2D eigenvalue weighted by atomic mass is 79.9. The van der Waals surface area contributed by atoms with Crippen molar-refractivity contribution in [2.75, 3.05) is 0 Å². The van der Waals surface area contributed by atoms with Gasteiger partial charge >= 0.3 is 0 Å². The van der Waals surface area contributed by atoms with Crippen LogP contribution in [0.2, 0.25) is 0 Å². The predicted molar refractivity (Wildman–Crippen MR) is 70.2 cm³/mol. The number of rotatable bonds is 4. The topological polar surface area (TPSA) is 72.0 Å². The van der Waals surface area contributed by atoms with Crippen molar-refractivity contribution in [1.29, 1.82) is 0 Å². The van der Waals surface area contributed by atoms with Gasteiger partial charge in [-0.1, -0.05) is 0 Å². The normalized spacial score (nSPS) is 11.5. The van der Waals surface area contributed by atoms with Crippen molar-refractivity contribution in [3.63, 3.8) is 0 Å². The molecule has 0 radical (unpaired) electrons. The number of hydrogen-bond acceptors (Lipinski definition) is 4. The Balaban J connectivity index is 2.19. The maximum absolute atomic E-state index is 12.9. The highest BCUT2D eigenvalue weighted by Gasteiger charge is 2.17. The zero-order valence-corrected chi connectivity index (χ0v) is 11.9. The summed E-state index contributed by atoms with van der Waals surface area (Å²) < 4.78 is 39.5. The summed E-state index contributed by atoms with van der Waals surface area (Å²) >= 11 is 3.02. The standard InChI is InChI=1S/C11H9BrFN3O2S/c12-10-6-8(13)3-4-11(10)19(17,18)15-7-9-2-1-5-14-16-9/h1-6,15H,7H2. The van der Waals surface area contributed by atoms with Crippen LogP contribution >= 0.6 is 15.9 Å². The second kappa shape index (κ2) is 5.72. The van der Waals surface area contributed by atoms with Crippen LogP contribution in [0.4, 0.5) is 4.39 Å². The van der Waals surface area contributed by atoms with Gasteiger partial charge in [0.1, 0.15) is 5.82 Å². The van der Waals surface area contributed by atoms with Gasteiger partial charge in [0.2, 0.25) is 10.0 Å².